The summed E-state index contributed by atoms with van der Waals surface area (Å²) in [5, 5.41) is 16.5. The third-order valence-electron chi connectivity index (χ3n) is 2.32. The average Bonchev–Trinajstić information content (AvgIpc) is 2.61. The fraction of sp³-hybridized carbons (Fsp3) is 0.200. The molecule has 0 atom stereocenters. The summed E-state index contributed by atoms with van der Waals surface area (Å²) in [6.07, 6.45) is 0. The zero-order valence-electron chi connectivity index (χ0n) is 8.89. The van der Waals surface area contributed by atoms with Gasteiger partial charge >= 0.3 is 0 Å². The second-order valence-corrected chi connectivity index (χ2v) is 3.68. The first kappa shape index (κ1) is 10.7. The van der Waals surface area contributed by atoms with E-state index in [4.69, 9.17) is 17.0 Å². The zero-order valence-corrected chi connectivity index (χ0v) is 9.71. The summed E-state index contributed by atoms with van der Waals surface area (Å²) < 4.78 is 7.28. The highest BCUT2D eigenvalue weighted by Gasteiger charge is 2.11. The van der Waals surface area contributed by atoms with Crippen molar-refractivity contribution in [2.75, 3.05) is 7.11 Å². The molecule has 2 rings (SSSR count). The highest BCUT2D eigenvalue weighted by molar-refractivity contribution is 7.71. The van der Waals surface area contributed by atoms with Gasteiger partial charge < -0.3 is 14.4 Å². The summed E-state index contributed by atoms with van der Waals surface area (Å²) in [7, 11) is 3.35. The minimum Gasteiger partial charge on any atom is -0.507 e. The number of nitrogens with one attached hydrogen (secondary N) is 1. The number of phenolic OH excluding ortho intramolecular Hbond substituents is 1. The van der Waals surface area contributed by atoms with E-state index in [1.165, 1.54) is 0 Å². The van der Waals surface area contributed by atoms with Gasteiger partial charge in [-0.05, 0) is 30.4 Å². The highest BCUT2D eigenvalue weighted by atomic mass is 32.1. The van der Waals surface area contributed by atoms with Crippen molar-refractivity contribution in [1.82, 2.24) is 14.8 Å². The van der Waals surface area contributed by atoms with Gasteiger partial charge in [0.1, 0.15) is 11.5 Å². The molecular formula is C10H11N3O2S. The van der Waals surface area contributed by atoms with Crippen LogP contribution in [0.2, 0.25) is 0 Å². The molecule has 2 aromatic rings. The minimum absolute atomic E-state index is 0.137. The van der Waals surface area contributed by atoms with Crippen LogP contribution in [-0.4, -0.2) is 27.0 Å². The lowest BCUT2D eigenvalue weighted by molar-refractivity contribution is 0.412. The Hall–Kier alpha value is -1.82. The van der Waals surface area contributed by atoms with Crippen molar-refractivity contribution in [2.45, 2.75) is 0 Å². The molecule has 0 bridgehead atoms. The molecule has 0 spiro atoms. The van der Waals surface area contributed by atoms with Crippen LogP contribution in [0.1, 0.15) is 0 Å². The monoisotopic (exact) mass is 237 g/mol. The minimum atomic E-state index is 0.137. The number of nitrogens with zero attached hydrogens (tertiary/aromatic N) is 2. The van der Waals surface area contributed by atoms with E-state index in [0.717, 1.165) is 0 Å². The first-order chi connectivity index (χ1) is 7.63. The molecular weight excluding hydrogens is 226 g/mol. The van der Waals surface area contributed by atoms with E-state index in [1.54, 1.807) is 36.9 Å². The number of rotatable bonds is 2. The quantitative estimate of drug-likeness (QED) is 0.782. The van der Waals surface area contributed by atoms with Crippen LogP contribution in [0, 0.1) is 4.77 Å². The lowest BCUT2D eigenvalue weighted by Crippen LogP contribution is -1.93. The Morgan fingerprint density at radius 2 is 2.25 bits per heavy atom. The Morgan fingerprint density at radius 3 is 2.81 bits per heavy atom. The molecule has 1 aromatic heterocycles. The van der Waals surface area contributed by atoms with E-state index in [2.05, 4.69) is 10.2 Å². The number of hydrogen-bond acceptors (Lipinski definition) is 4. The van der Waals surface area contributed by atoms with Crippen LogP contribution >= 0.6 is 12.2 Å². The third kappa shape index (κ3) is 1.67. The Morgan fingerprint density at radius 1 is 1.50 bits per heavy atom. The molecule has 5 nitrogen and oxygen atoms in total. The molecule has 0 aliphatic carbocycles. The summed E-state index contributed by atoms with van der Waals surface area (Å²) in [4.78, 5) is 0. The molecule has 0 aliphatic rings. The lowest BCUT2D eigenvalue weighted by atomic mass is 10.2. The predicted molar refractivity (Wildman–Crippen MR) is 62.0 cm³/mol. The first-order valence-corrected chi connectivity index (χ1v) is 5.03. The number of ether oxygens (including phenoxy) is 1. The molecule has 0 fully saturated rings. The molecule has 6 heteroatoms. The number of benzene rings is 1. The third-order valence-corrected chi connectivity index (χ3v) is 2.69. The standard InChI is InChI=1S/C10H11N3O2S/c1-13-9(11-12-10(13)16)7-5-6(15-2)3-4-8(7)14/h3-5,14H,1-2H3,(H,12,16). The van der Waals surface area contributed by atoms with Crippen molar-refractivity contribution in [3.05, 3.63) is 23.0 Å². The second kappa shape index (κ2) is 3.97. The van der Waals surface area contributed by atoms with Gasteiger partial charge in [-0.2, -0.15) is 5.10 Å². The molecule has 84 valence electrons. The number of aromatic nitrogens is 3. The predicted octanol–water partition coefficient (Wildman–Crippen LogP) is 1.86. The molecule has 2 N–H and O–H groups in total. The van der Waals surface area contributed by atoms with Gasteiger partial charge in [-0.25, -0.2) is 0 Å². The van der Waals surface area contributed by atoms with Gasteiger partial charge in [-0.3, -0.25) is 5.10 Å². The number of aromatic amines is 1. The van der Waals surface area contributed by atoms with Crippen molar-refractivity contribution in [3.8, 4) is 22.9 Å². The molecule has 1 heterocycles. The van der Waals surface area contributed by atoms with Crippen molar-refractivity contribution in [2.24, 2.45) is 7.05 Å². The fourth-order valence-corrected chi connectivity index (χ4v) is 1.54. The summed E-state index contributed by atoms with van der Waals surface area (Å²) in [6, 6.07) is 4.95. The summed E-state index contributed by atoms with van der Waals surface area (Å²) >= 11 is 5.01. The van der Waals surface area contributed by atoms with Crippen molar-refractivity contribution < 1.29 is 9.84 Å². The summed E-state index contributed by atoms with van der Waals surface area (Å²) in [5.74, 6) is 1.36. The van der Waals surface area contributed by atoms with E-state index in [-0.39, 0.29) is 5.75 Å². The van der Waals surface area contributed by atoms with Crippen LogP contribution in [0.4, 0.5) is 0 Å². The van der Waals surface area contributed by atoms with Crippen molar-refractivity contribution in [1.29, 1.82) is 0 Å². The number of aromatic hydroxyl groups is 1. The molecule has 0 aliphatic heterocycles. The van der Waals surface area contributed by atoms with Crippen molar-refractivity contribution >= 4 is 12.2 Å². The van der Waals surface area contributed by atoms with Gasteiger partial charge in [-0.15, -0.1) is 0 Å². The Bertz CT molecular complexity index is 574. The number of hydrogen-bond donors (Lipinski definition) is 2. The van der Waals surface area contributed by atoms with Crippen LogP contribution in [0.15, 0.2) is 18.2 Å². The van der Waals surface area contributed by atoms with Crippen LogP contribution in [0.25, 0.3) is 11.4 Å². The van der Waals surface area contributed by atoms with E-state index < -0.39 is 0 Å². The van der Waals surface area contributed by atoms with E-state index in [1.807, 2.05) is 0 Å². The van der Waals surface area contributed by atoms with Gasteiger partial charge in [0.15, 0.2) is 10.6 Å². The van der Waals surface area contributed by atoms with Gasteiger partial charge in [0.2, 0.25) is 0 Å². The Balaban J connectivity index is 2.63. The SMILES string of the molecule is COc1ccc(O)c(-c2n[nH]c(=S)n2C)c1. The van der Waals surface area contributed by atoms with E-state index in [9.17, 15) is 5.11 Å². The Kier molecular flexibility index (Phi) is 2.66. The first-order valence-electron chi connectivity index (χ1n) is 4.62. The second-order valence-electron chi connectivity index (χ2n) is 3.29. The topological polar surface area (TPSA) is 63.1 Å². The van der Waals surface area contributed by atoms with Crippen LogP contribution < -0.4 is 4.74 Å². The molecule has 0 unspecified atom stereocenters. The molecule has 1 aromatic carbocycles. The smallest absolute Gasteiger partial charge is 0.195 e. The summed E-state index contributed by atoms with van der Waals surface area (Å²) in [6.45, 7) is 0. The number of methoxy groups -OCH3 is 1. The molecule has 16 heavy (non-hydrogen) atoms. The maximum atomic E-state index is 9.76. The normalized spacial score (nSPS) is 10.4. The Labute approximate surface area is 97.3 Å². The molecule has 0 saturated carbocycles. The van der Waals surface area contributed by atoms with E-state index >= 15 is 0 Å². The number of H-pyrrole nitrogens is 1. The van der Waals surface area contributed by atoms with Crippen LogP contribution in [0.3, 0.4) is 0 Å². The zero-order chi connectivity index (χ0) is 11.7. The van der Waals surface area contributed by atoms with Gasteiger partial charge in [0.05, 0.1) is 12.7 Å². The summed E-state index contributed by atoms with van der Waals surface area (Å²) in [5.41, 5.74) is 0.578. The molecule has 0 amide bonds. The van der Waals surface area contributed by atoms with Gasteiger partial charge in [-0.1, -0.05) is 0 Å². The van der Waals surface area contributed by atoms with Gasteiger partial charge in [0, 0.05) is 7.05 Å². The fourth-order valence-electron chi connectivity index (χ4n) is 1.41. The molecule has 0 radical (unpaired) electrons. The largest absolute Gasteiger partial charge is 0.507 e. The van der Waals surface area contributed by atoms with Gasteiger partial charge in [0.25, 0.3) is 0 Å². The maximum Gasteiger partial charge on any atom is 0.195 e. The maximum absolute atomic E-state index is 9.76. The van der Waals surface area contributed by atoms with Crippen LogP contribution in [-0.2, 0) is 7.05 Å². The van der Waals surface area contributed by atoms with Crippen LogP contribution in [0.5, 0.6) is 11.5 Å². The van der Waals surface area contributed by atoms with E-state index in [0.29, 0.717) is 21.9 Å². The average molecular weight is 237 g/mol. The molecule has 0 saturated heterocycles. The number of phenols is 1. The lowest BCUT2D eigenvalue weighted by Gasteiger charge is -2.06. The van der Waals surface area contributed by atoms with Crippen molar-refractivity contribution in [3.63, 3.8) is 0 Å². The highest BCUT2D eigenvalue weighted by Crippen LogP contribution is 2.30.